The Bertz CT molecular complexity index is 107. The SMILES string of the molecule is C[C@@H]1C[C@@H](C)[C@@](C)(O)C1. The first-order valence-electron chi connectivity index (χ1n) is 3.75. The predicted octanol–water partition coefficient (Wildman–Crippen LogP) is 1.80. The van der Waals surface area contributed by atoms with E-state index in [-0.39, 0.29) is 5.60 Å². The summed E-state index contributed by atoms with van der Waals surface area (Å²) >= 11 is 0. The van der Waals surface area contributed by atoms with Crippen molar-refractivity contribution in [1.82, 2.24) is 0 Å². The first-order valence-corrected chi connectivity index (χ1v) is 3.75. The van der Waals surface area contributed by atoms with Crippen molar-refractivity contribution in [3.63, 3.8) is 0 Å². The maximum atomic E-state index is 9.63. The molecule has 0 radical (unpaired) electrons. The topological polar surface area (TPSA) is 20.2 Å². The van der Waals surface area contributed by atoms with Crippen LogP contribution < -0.4 is 0 Å². The molecule has 0 aromatic carbocycles. The summed E-state index contributed by atoms with van der Waals surface area (Å²) in [5.74, 6) is 1.21. The minimum absolute atomic E-state index is 0.376. The van der Waals surface area contributed by atoms with Crippen LogP contribution in [-0.4, -0.2) is 10.7 Å². The molecule has 0 spiro atoms. The fourth-order valence-corrected chi connectivity index (χ4v) is 1.85. The van der Waals surface area contributed by atoms with Gasteiger partial charge in [-0.05, 0) is 31.6 Å². The van der Waals surface area contributed by atoms with Gasteiger partial charge in [0.15, 0.2) is 0 Å². The molecule has 0 saturated heterocycles. The van der Waals surface area contributed by atoms with Gasteiger partial charge in [-0.1, -0.05) is 13.8 Å². The molecule has 3 atom stereocenters. The summed E-state index contributed by atoms with van der Waals surface area (Å²) in [7, 11) is 0. The Labute approximate surface area is 57.1 Å². The lowest BCUT2D eigenvalue weighted by Crippen LogP contribution is -2.26. The molecule has 9 heavy (non-hydrogen) atoms. The van der Waals surface area contributed by atoms with Crippen molar-refractivity contribution in [3.05, 3.63) is 0 Å². The van der Waals surface area contributed by atoms with Crippen LogP contribution in [-0.2, 0) is 0 Å². The molecule has 1 fully saturated rings. The summed E-state index contributed by atoms with van der Waals surface area (Å²) in [6, 6.07) is 0. The highest BCUT2D eigenvalue weighted by Crippen LogP contribution is 2.38. The summed E-state index contributed by atoms with van der Waals surface area (Å²) in [6.45, 7) is 6.28. The standard InChI is InChI=1S/C8H16O/c1-6-4-7(2)8(3,9)5-6/h6-7,9H,4-5H2,1-3H3/t6-,7-,8+/m1/s1. The largest absolute Gasteiger partial charge is 0.390 e. The van der Waals surface area contributed by atoms with E-state index in [4.69, 9.17) is 0 Å². The van der Waals surface area contributed by atoms with Crippen molar-refractivity contribution < 1.29 is 5.11 Å². The number of hydrogen-bond donors (Lipinski definition) is 1. The third-order valence-electron chi connectivity index (χ3n) is 2.58. The van der Waals surface area contributed by atoms with Crippen LogP contribution in [0.1, 0.15) is 33.6 Å². The average molecular weight is 128 g/mol. The second-order valence-electron chi connectivity index (χ2n) is 3.80. The zero-order chi connectivity index (χ0) is 7.07. The van der Waals surface area contributed by atoms with Crippen LogP contribution in [0.5, 0.6) is 0 Å². The summed E-state index contributed by atoms with van der Waals surface area (Å²) < 4.78 is 0. The summed E-state index contributed by atoms with van der Waals surface area (Å²) in [5.41, 5.74) is -0.376. The van der Waals surface area contributed by atoms with E-state index in [1.165, 1.54) is 6.42 Å². The van der Waals surface area contributed by atoms with E-state index in [1.807, 2.05) is 6.92 Å². The molecule has 1 N–H and O–H groups in total. The summed E-state index contributed by atoms with van der Waals surface area (Å²) in [5, 5.41) is 9.63. The van der Waals surface area contributed by atoms with Gasteiger partial charge in [-0.3, -0.25) is 0 Å². The fourth-order valence-electron chi connectivity index (χ4n) is 1.85. The number of hydrogen-bond acceptors (Lipinski definition) is 1. The Hall–Kier alpha value is -0.0400. The molecule has 1 rings (SSSR count). The first-order chi connectivity index (χ1) is 4.02. The number of rotatable bonds is 0. The molecule has 0 aliphatic heterocycles. The Morgan fingerprint density at radius 3 is 2.11 bits per heavy atom. The third-order valence-corrected chi connectivity index (χ3v) is 2.58. The summed E-state index contributed by atoms with van der Waals surface area (Å²) in [4.78, 5) is 0. The monoisotopic (exact) mass is 128 g/mol. The van der Waals surface area contributed by atoms with Crippen LogP contribution in [0.25, 0.3) is 0 Å². The van der Waals surface area contributed by atoms with Crippen LogP contribution in [0.3, 0.4) is 0 Å². The Balaban J connectivity index is 2.58. The second-order valence-corrected chi connectivity index (χ2v) is 3.80. The van der Waals surface area contributed by atoms with Gasteiger partial charge < -0.3 is 5.11 Å². The molecule has 1 aliphatic carbocycles. The van der Waals surface area contributed by atoms with E-state index >= 15 is 0 Å². The van der Waals surface area contributed by atoms with E-state index in [2.05, 4.69) is 13.8 Å². The van der Waals surface area contributed by atoms with Gasteiger partial charge in [-0.15, -0.1) is 0 Å². The van der Waals surface area contributed by atoms with Crippen molar-refractivity contribution >= 4 is 0 Å². The zero-order valence-electron chi connectivity index (χ0n) is 6.52. The fraction of sp³-hybridized carbons (Fsp3) is 1.00. The van der Waals surface area contributed by atoms with Crippen LogP contribution in [0.4, 0.5) is 0 Å². The van der Waals surface area contributed by atoms with Gasteiger partial charge in [0.25, 0.3) is 0 Å². The molecule has 1 heteroatoms. The van der Waals surface area contributed by atoms with Gasteiger partial charge in [0.05, 0.1) is 5.60 Å². The van der Waals surface area contributed by atoms with E-state index in [1.54, 1.807) is 0 Å². The van der Waals surface area contributed by atoms with Gasteiger partial charge in [-0.25, -0.2) is 0 Å². The van der Waals surface area contributed by atoms with Crippen molar-refractivity contribution in [1.29, 1.82) is 0 Å². The molecule has 1 saturated carbocycles. The molecule has 0 aromatic heterocycles. The normalized spacial score (nSPS) is 52.0. The van der Waals surface area contributed by atoms with Crippen LogP contribution in [0, 0.1) is 11.8 Å². The lowest BCUT2D eigenvalue weighted by Gasteiger charge is -2.21. The van der Waals surface area contributed by atoms with Crippen molar-refractivity contribution in [3.8, 4) is 0 Å². The molecule has 0 aromatic rings. The van der Waals surface area contributed by atoms with E-state index in [9.17, 15) is 5.11 Å². The van der Waals surface area contributed by atoms with Crippen molar-refractivity contribution in [2.75, 3.05) is 0 Å². The highest BCUT2D eigenvalue weighted by molar-refractivity contribution is 4.88. The van der Waals surface area contributed by atoms with Crippen molar-refractivity contribution in [2.24, 2.45) is 11.8 Å². The average Bonchev–Trinajstić information content (AvgIpc) is 1.79. The second kappa shape index (κ2) is 1.98. The predicted molar refractivity (Wildman–Crippen MR) is 38.2 cm³/mol. The van der Waals surface area contributed by atoms with E-state index < -0.39 is 0 Å². The maximum Gasteiger partial charge on any atom is 0.0647 e. The first kappa shape index (κ1) is 7.07. The van der Waals surface area contributed by atoms with Gasteiger partial charge >= 0.3 is 0 Å². The highest BCUT2D eigenvalue weighted by Gasteiger charge is 2.37. The Morgan fingerprint density at radius 1 is 1.44 bits per heavy atom. The molecule has 54 valence electrons. The Morgan fingerprint density at radius 2 is 2.00 bits per heavy atom. The highest BCUT2D eigenvalue weighted by atomic mass is 16.3. The lowest BCUT2D eigenvalue weighted by atomic mass is 9.95. The van der Waals surface area contributed by atoms with Gasteiger partial charge in [0, 0.05) is 0 Å². The zero-order valence-corrected chi connectivity index (χ0v) is 6.52. The molecule has 1 nitrogen and oxygen atoms in total. The van der Waals surface area contributed by atoms with Crippen LogP contribution in [0.2, 0.25) is 0 Å². The van der Waals surface area contributed by atoms with Gasteiger partial charge in [0.1, 0.15) is 0 Å². The number of aliphatic hydroxyl groups is 1. The molecule has 0 amide bonds. The smallest absolute Gasteiger partial charge is 0.0647 e. The van der Waals surface area contributed by atoms with E-state index in [0.29, 0.717) is 5.92 Å². The third kappa shape index (κ3) is 1.26. The van der Waals surface area contributed by atoms with E-state index in [0.717, 1.165) is 12.3 Å². The summed E-state index contributed by atoms with van der Waals surface area (Å²) in [6.07, 6.45) is 2.17. The molecule has 0 unspecified atom stereocenters. The molecule has 0 bridgehead atoms. The molecular formula is C8H16O. The Kier molecular flexibility index (Phi) is 1.55. The quantitative estimate of drug-likeness (QED) is 0.527. The van der Waals surface area contributed by atoms with Crippen molar-refractivity contribution in [2.45, 2.75) is 39.2 Å². The minimum atomic E-state index is -0.376. The lowest BCUT2D eigenvalue weighted by molar-refractivity contribution is 0.0266. The maximum absolute atomic E-state index is 9.63. The molecular weight excluding hydrogens is 112 g/mol. The molecule has 0 heterocycles. The van der Waals surface area contributed by atoms with Gasteiger partial charge in [-0.2, -0.15) is 0 Å². The van der Waals surface area contributed by atoms with Gasteiger partial charge in [0.2, 0.25) is 0 Å². The van der Waals surface area contributed by atoms with Crippen LogP contribution >= 0.6 is 0 Å². The molecule has 1 aliphatic rings. The van der Waals surface area contributed by atoms with Crippen LogP contribution in [0.15, 0.2) is 0 Å². The minimum Gasteiger partial charge on any atom is -0.390 e.